The Morgan fingerprint density at radius 1 is 1.43 bits per heavy atom. The molecule has 1 aromatic heterocycles. The molecule has 0 spiro atoms. The normalized spacial score (nSPS) is 17.0. The smallest absolute Gasteiger partial charge is 0.246 e. The first-order valence-electron chi connectivity index (χ1n) is 6.93. The lowest BCUT2D eigenvalue weighted by atomic mass is 10.1. The second-order valence-corrected chi connectivity index (χ2v) is 5.94. The standard InChI is InChI=1S/C15H17BrN4O/c1-4-17-14-11-6-5-10(7-12(11)18-15(14)21)20-9(3)13(16)8(2)19-20/h5-7,14,17H,4H2,1-3H3,(H,18,21). The Morgan fingerprint density at radius 2 is 2.19 bits per heavy atom. The van der Waals surface area contributed by atoms with E-state index in [0.29, 0.717) is 0 Å². The fraction of sp³-hybridized carbons (Fsp3) is 0.333. The van der Waals surface area contributed by atoms with Gasteiger partial charge in [-0.1, -0.05) is 13.0 Å². The van der Waals surface area contributed by atoms with Gasteiger partial charge in [0.15, 0.2) is 0 Å². The van der Waals surface area contributed by atoms with Gasteiger partial charge in [0.05, 0.1) is 21.5 Å². The largest absolute Gasteiger partial charge is 0.324 e. The summed E-state index contributed by atoms with van der Waals surface area (Å²) in [7, 11) is 0. The number of halogens is 1. The van der Waals surface area contributed by atoms with Crippen molar-refractivity contribution in [3.8, 4) is 5.69 Å². The fourth-order valence-corrected chi connectivity index (χ4v) is 2.91. The fourth-order valence-electron chi connectivity index (χ4n) is 2.66. The van der Waals surface area contributed by atoms with Gasteiger partial charge in [-0.2, -0.15) is 5.10 Å². The van der Waals surface area contributed by atoms with Gasteiger partial charge in [0.2, 0.25) is 5.91 Å². The van der Waals surface area contributed by atoms with Crippen molar-refractivity contribution in [1.82, 2.24) is 15.1 Å². The van der Waals surface area contributed by atoms with Crippen LogP contribution in [0.2, 0.25) is 0 Å². The minimum absolute atomic E-state index is 0.00134. The highest BCUT2D eigenvalue weighted by Gasteiger charge is 2.30. The Bertz CT molecular complexity index is 723. The Balaban J connectivity index is 2.03. The lowest BCUT2D eigenvalue weighted by Crippen LogP contribution is -2.27. The highest BCUT2D eigenvalue weighted by atomic mass is 79.9. The van der Waals surface area contributed by atoms with E-state index in [4.69, 9.17) is 0 Å². The summed E-state index contributed by atoms with van der Waals surface area (Å²) >= 11 is 3.54. The number of hydrogen-bond donors (Lipinski definition) is 2. The molecule has 2 aromatic rings. The molecule has 1 atom stereocenters. The van der Waals surface area contributed by atoms with Crippen LogP contribution in [0.15, 0.2) is 22.7 Å². The average molecular weight is 349 g/mol. The summed E-state index contributed by atoms with van der Waals surface area (Å²) in [6.07, 6.45) is 0. The van der Waals surface area contributed by atoms with Crippen molar-refractivity contribution in [3.05, 3.63) is 39.6 Å². The molecule has 6 heteroatoms. The average Bonchev–Trinajstić information content (AvgIpc) is 2.91. The summed E-state index contributed by atoms with van der Waals surface area (Å²) in [5.74, 6) is -0.00134. The minimum atomic E-state index is -0.258. The first-order chi connectivity index (χ1) is 10.0. The second kappa shape index (κ2) is 5.27. The summed E-state index contributed by atoms with van der Waals surface area (Å²) in [5.41, 5.74) is 4.78. The predicted octanol–water partition coefficient (Wildman–Crippen LogP) is 2.85. The van der Waals surface area contributed by atoms with Gasteiger partial charge in [-0.05, 0) is 48.5 Å². The SMILES string of the molecule is CCNC1C(=O)Nc2cc(-n3nc(C)c(Br)c3C)ccc21. The number of aromatic nitrogens is 2. The van der Waals surface area contributed by atoms with Crippen molar-refractivity contribution in [2.45, 2.75) is 26.8 Å². The molecule has 0 fully saturated rings. The van der Waals surface area contributed by atoms with Crippen LogP contribution in [-0.4, -0.2) is 22.2 Å². The summed E-state index contributed by atoms with van der Waals surface area (Å²) in [6.45, 7) is 6.72. The van der Waals surface area contributed by atoms with E-state index in [2.05, 4.69) is 31.7 Å². The van der Waals surface area contributed by atoms with Crippen LogP contribution in [0.5, 0.6) is 0 Å². The quantitative estimate of drug-likeness (QED) is 0.896. The van der Waals surface area contributed by atoms with Crippen molar-refractivity contribution in [2.24, 2.45) is 0 Å². The number of carbonyl (C=O) groups excluding carboxylic acids is 1. The predicted molar refractivity (Wildman–Crippen MR) is 85.8 cm³/mol. The summed E-state index contributed by atoms with van der Waals surface area (Å²) < 4.78 is 2.89. The van der Waals surface area contributed by atoms with Crippen LogP contribution >= 0.6 is 15.9 Å². The maximum Gasteiger partial charge on any atom is 0.246 e. The maximum absolute atomic E-state index is 12.0. The Hall–Kier alpha value is -1.66. The number of amides is 1. The highest BCUT2D eigenvalue weighted by Crippen LogP contribution is 2.33. The second-order valence-electron chi connectivity index (χ2n) is 5.15. The first kappa shape index (κ1) is 14.3. The third kappa shape index (κ3) is 2.28. The van der Waals surface area contributed by atoms with Crippen molar-refractivity contribution in [1.29, 1.82) is 0 Å². The molecule has 21 heavy (non-hydrogen) atoms. The molecule has 0 saturated carbocycles. The summed E-state index contributed by atoms with van der Waals surface area (Å²) in [4.78, 5) is 12.0. The van der Waals surface area contributed by atoms with Gasteiger partial charge >= 0.3 is 0 Å². The molecule has 5 nitrogen and oxygen atoms in total. The highest BCUT2D eigenvalue weighted by molar-refractivity contribution is 9.10. The molecule has 0 radical (unpaired) electrons. The zero-order valence-corrected chi connectivity index (χ0v) is 13.8. The van der Waals surface area contributed by atoms with Crippen LogP contribution in [0.4, 0.5) is 5.69 Å². The molecule has 1 unspecified atom stereocenters. The number of nitrogens with one attached hydrogen (secondary N) is 2. The van der Waals surface area contributed by atoms with Gasteiger partial charge in [-0.15, -0.1) is 0 Å². The zero-order chi connectivity index (χ0) is 15.1. The number of hydrogen-bond acceptors (Lipinski definition) is 3. The molecule has 2 heterocycles. The number of likely N-dealkylation sites (N-methyl/N-ethyl adjacent to an activating group) is 1. The molecule has 1 aromatic carbocycles. The van der Waals surface area contributed by atoms with Gasteiger partial charge in [0.25, 0.3) is 0 Å². The molecule has 1 aliphatic heterocycles. The van der Waals surface area contributed by atoms with Gasteiger partial charge in [-0.25, -0.2) is 4.68 Å². The third-order valence-corrected chi connectivity index (χ3v) is 4.87. The van der Waals surface area contributed by atoms with Crippen molar-refractivity contribution in [3.63, 3.8) is 0 Å². The van der Waals surface area contributed by atoms with E-state index >= 15 is 0 Å². The summed E-state index contributed by atoms with van der Waals surface area (Å²) in [6, 6.07) is 5.69. The molecule has 2 N–H and O–H groups in total. The number of aryl methyl sites for hydroxylation is 1. The van der Waals surface area contributed by atoms with Crippen LogP contribution < -0.4 is 10.6 Å². The number of rotatable bonds is 3. The Kier molecular flexibility index (Phi) is 3.59. The topological polar surface area (TPSA) is 59.0 Å². The van der Waals surface area contributed by atoms with Gasteiger partial charge in [0.1, 0.15) is 6.04 Å². The van der Waals surface area contributed by atoms with Gasteiger partial charge in [0, 0.05) is 11.3 Å². The molecule has 1 aliphatic rings. The van der Waals surface area contributed by atoms with E-state index in [-0.39, 0.29) is 11.9 Å². The van der Waals surface area contributed by atoms with E-state index in [0.717, 1.165) is 39.3 Å². The number of nitrogens with zero attached hydrogens (tertiary/aromatic N) is 2. The molecular weight excluding hydrogens is 332 g/mol. The molecular formula is C15H17BrN4O. The van der Waals surface area contributed by atoms with Crippen LogP contribution in [0.25, 0.3) is 5.69 Å². The molecule has 0 saturated heterocycles. The Labute approximate surface area is 131 Å². The number of anilines is 1. The van der Waals surface area contributed by atoms with E-state index in [1.54, 1.807) is 0 Å². The molecule has 1 amide bonds. The number of fused-ring (bicyclic) bond motifs is 1. The lowest BCUT2D eigenvalue weighted by Gasteiger charge is -2.10. The minimum Gasteiger partial charge on any atom is -0.324 e. The molecule has 0 aliphatic carbocycles. The Morgan fingerprint density at radius 3 is 2.81 bits per heavy atom. The zero-order valence-electron chi connectivity index (χ0n) is 12.2. The van der Waals surface area contributed by atoms with Crippen LogP contribution in [0.1, 0.15) is 29.9 Å². The number of carbonyl (C=O) groups is 1. The van der Waals surface area contributed by atoms with Gasteiger partial charge < -0.3 is 10.6 Å². The lowest BCUT2D eigenvalue weighted by molar-refractivity contribution is -0.117. The van der Waals surface area contributed by atoms with E-state index in [1.807, 2.05) is 43.7 Å². The van der Waals surface area contributed by atoms with E-state index in [1.165, 1.54) is 0 Å². The van der Waals surface area contributed by atoms with Crippen molar-refractivity contribution >= 4 is 27.5 Å². The van der Waals surface area contributed by atoms with Crippen LogP contribution in [0, 0.1) is 13.8 Å². The van der Waals surface area contributed by atoms with Crippen LogP contribution in [-0.2, 0) is 4.79 Å². The number of benzene rings is 1. The van der Waals surface area contributed by atoms with Gasteiger partial charge in [-0.3, -0.25) is 4.79 Å². The summed E-state index contributed by atoms with van der Waals surface area (Å²) in [5, 5.41) is 10.6. The molecule has 0 bridgehead atoms. The first-order valence-corrected chi connectivity index (χ1v) is 7.72. The van der Waals surface area contributed by atoms with E-state index < -0.39 is 0 Å². The maximum atomic E-state index is 12.0. The molecule has 110 valence electrons. The monoisotopic (exact) mass is 348 g/mol. The van der Waals surface area contributed by atoms with Crippen LogP contribution in [0.3, 0.4) is 0 Å². The molecule has 3 rings (SSSR count). The van der Waals surface area contributed by atoms with E-state index in [9.17, 15) is 4.79 Å². The third-order valence-electron chi connectivity index (χ3n) is 3.72. The van der Waals surface area contributed by atoms with Crippen molar-refractivity contribution < 1.29 is 4.79 Å². The van der Waals surface area contributed by atoms with Crippen molar-refractivity contribution in [2.75, 3.05) is 11.9 Å².